The predicted molar refractivity (Wildman–Crippen MR) is 69.2 cm³/mol. The molecule has 0 saturated heterocycles. The minimum atomic E-state index is -0.469. The quantitative estimate of drug-likeness (QED) is 0.823. The smallest absolute Gasteiger partial charge is 0.128 e. The Morgan fingerprint density at radius 3 is 2.47 bits per heavy atom. The van der Waals surface area contributed by atoms with E-state index >= 15 is 0 Å². The lowest BCUT2D eigenvalue weighted by Gasteiger charge is -2.27. The van der Waals surface area contributed by atoms with Gasteiger partial charge in [-0.15, -0.1) is 0 Å². The van der Waals surface area contributed by atoms with Crippen LogP contribution >= 0.6 is 0 Å². The van der Waals surface area contributed by atoms with Crippen molar-refractivity contribution in [1.29, 1.82) is 0 Å². The molecule has 1 atom stereocenters. The summed E-state index contributed by atoms with van der Waals surface area (Å²) in [5.74, 6) is 0.918. The van der Waals surface area contributed by atoms with Gasteiger partial charge in [-0.1, -0.05) is 6.07 Å². The number of aromatic nitrogens is 1. The van der Waals surface area contributed by atoms with E-state index in [1.807, 2.05) is 12.1 Å². The number of aliphatic hydroxyl groups is 1. The van der Waals surface area contributed by atoms with Gasteiger partial charge in [0.05, 0.1) is 12.7 Å². The molecule has 1 aromatic rings. The highest BCUT2D eigenvalue weighted by atomic mass is 16.5. The van der Waals surface area contributed by atoms with Crippen LogP contribution in [0.2, 0.25) is 0 Å². The van der Waals surface area contributed by atoms with E-state index in [2.05, 4.69) is 23.7 Å². The number of ether oxygens (including phenoxy) is 1. The normalized spacial score (nSPS) is 12.8. The van der Waals surface area contributed by atoms with Crippen molar-refractivity contribution in [3.05, 3.63) is 23.9 Å². The molecule has 0 aliphatic rings. The highest BCUT2D eigenvalue weighted by molar-refractivity contribution is 5.40. The van der Waals surface area contributed by atoms with Gasteiger partial charge in [-0.3, -0.25) is 0 Å². The van der Waals surface area contributed by atoms with E-state index < -0.39 is 6.10 Å². The van der Waals surface area contributed by atoms with Crippen LogP contribution in [0.1, 0.15) is 32.4 Å². The lowest BCUT2D eigenvalue weighted by atomic mass is 10.2. The van der Waals surface area contributed by atoms with Crippen molar-refractivity contribution in [3.63, 3.8) is 0 Å². The van der Waals surface area contributed by atoms with Gasteiger partial charge < -0.3 is 14.7 Å². The first kappa shape index (κ1) is 13.9. The van der Waals surface area contributed by atoms with E-state index in [1.165, 1.54) is 0 Å². The van der Waals surface area contributed by atoms with E-state index in [4.69, 9.17) is 4.74 Å². The minimum Gasteiger partial charge on any atom is -0.389 e. The third-order valence-corrected chi connectivity index (χ3v) is 2.71. The van der Waals surface area contributed by atoms with Gasteiger partial charge in [0, 0.05) is 25.9 Å². The van der Waals surface area contributed by atoms with Crippen LogP contribution in [0.4, 0.5) is 5.82 Å². The molecule has 1 heterocycles. The summed E-state index contributed by atoms with van der Waals surface area (Å²) in [5, 5.41) is 9.43. The first-order valence-corrected chi connectivity index (χ1v) is 5.96. The largest absolute Gasteiger partial charge is 0.389 e. The summed E-state index contributed by atoms with van der Waals surface area (Å²) in [4.78, 5) is 6.56. The lowest BCUT2D eigenvalue weighted by molar-refractivity contribution is 0.198. The standard InChI is InChI=1S/C13H22N2O2/c1-10(2)15(7-8-17-4)13-6-5-12(9-14-13)11(3)16/h5-6,9-11,16H,7-8H2,1-4H3. The summed E-state index contributed by atoms with van der Waals surface area (Å²) in [7, 11) is 1.70. The summed E-state index contributed by atoms with van der Waals surface area (Å²) < 4.78 is 5.10. The number of pyridine rings is 1. The molecule has 0 fully saturated rings. The van der Waals surface area contributed by atoms with Crippen LogP contribution in [-0.2, 0) is 4.74 Å². The zero-order valence-electron chi connectivity index (χ0n) is 11.1. The zero-order chi connectivity index (χ0) is 12.8. The van der Waals surface area contributed by atoms with Crippen molar-refractivity contribution in [2.45, 2.75) is 32.9 Å². The Kier molecular flexibility index (Phi) is 5.38. The molecule has 1 unspecified atom stereocenters. The molecule has 17 heavy (non-hydrogen) atoms. The maximum atomic E-state index is 9.43. The number of hydrogen-bond acceptors (Lipinski definition) is 4. The van der Waals surface area contributed by atoms with Crippen molar-refractivity contribution < 1.29 is 9.84 Å². The first-order valence-electron chi connectivity index (χ1n) is 5.96. The fraction of sp³-hybridized carbons (Fsp3) is 0.615. The topological polar surface area (TPSA) is 45.6 Å². The van der Waals surface area contributed by atoms with Gasteiger partial charge in [0.1, 0.15) is 5.82 Å². The van der Waals surface area contributed by atoms with Crippen LogP contribution in [-0.4, -0.2) is 36.4 Å². The Labute approximate surface area is 103 Å². The second-order valence-electron chi connectivity index (χ2n) is 4.41. The number of nitrogens with zero attached hydrogens (tertiary/aromatic N) is 2. The molecular formula is C13H22N2O2. The highest BCUT2D eigenvalue weighted by Gasteiger charge is 2.11. The van der Waals surface area contributed by atoms with Gasteiger partial charge in [0.2, 0.25) is 0 Å². The molecule has 0 aliphatic carbocycles. The predicted octanol–water partition coefficient (Wildman–Crippen LogP) is 2.00. The number of rotatable bonds is 6. The molecule has 0 spiro atoms. The summed E-state index contributed by atoms with van der Waals surface area (Å²) in [6, 6.07) is 4.22. The van der Waals surface area contributed by atoms with Crippen molar-refractivity contribution in [3.8, 4) is 0 Å². The van der Waals surface area contributed by atoms with Crippen LogP contribution in [0, 0.1) is 0 Å². The van der Waals surface area contributed by atoms with Gasteiger partial charge in [0.15, 0.2) is 0 Å². The fourth-order valence-electron chi connectivity index (χ4n) is 1.64. The van der Waals surface area contributed by atoms with Gasteiger partial charge in [0.25, 0.3) is 0 Å². The molecule has 0 amide bonds. The molecule has 0 bridgehead atoms. The molecule has 1 N–H and O–H groups in total. The molecule has 0 aromatic carbocycles. The number of aliphatic hydroxyl groups excluding tert-OH is 1. The Morgan fingerprint density at radius 2 is 2.06 bits per heavy atom. The van der Waals surface area contributed by atoms with E-state index in [1.54, 1.807) is 20.2 Å². The van der Waals surface area contributed by atoms with E-state index in [0.29, 0.717) is 12.6 Å². The number of anilines is 1. The minimum absolute atomic E-state index is 0.370. The third kappa shape index (κ3) is 3.98. The Morgan fingerprint density at radius 1 is 1.35 bits per heavy atom. The molecular weight excluding hydrogens is 216 g/mol. The van der Waals surface area contributed by atoms with E-state index in [-0.39, 0.29) is 0 Å². The fourth-order valence-corrected chi connectivity index (χ4v) is 1.64. The molecule has 1 aromatic heterocycles. The SMILES string of the molecule is COCCN(c1ccc(C(C)O)cn1)C(C)C. The Hall–Kier alpha value is -1.13. The molecule has 4 nitrogen and oxygen atoms in total. The lowest BCUT2D eigenvalue weighted by Crippen LogP contribution is -2.34. The second-order valence-corrected chi connectivity index (χ2v) is 4.41. The Balaban J connectivity index is 2.80. The van der Waals surface area contributed by atoms with Crippen molar-refractivity contribution in [2.24, 2.45) is 0 Å². The Bertz CT molecular complexity index is 323. The maximum Gasteiger partial charge on any atom is 0.128 e. The van der Waals surface area contributed by atoms with Crippen LogP contribution < -0.4 is 4.90 Å². The van der Waals surface area contributed by atoms with Crippen LogP contribution in [0.15, 0.2) is 18.3 Å². The maximum absolute atomic E-state index is 9.43. The summed E-state index contributed by atoms with van der Waals surface area (Å²) in [5.41, 5.74) is 0.837. The van der Waals surface area contributed by atoms with Crippen LogP contribution in [0.3, 0.4) is 0 Å². The second kappa shape index (κ2) is 6.57. The molecule has 96 valence electrons. The highest BCUT2D eigenvalue weighted by Crippen LogP contribution is 2.17. The molecule has 0 radical (unpaired) electrons. The van der Waals surface area contributed by atoms with E-state index in [9.17, 15) is 5.11 Å². The van der Waals surface area contributed by atoms with Crippen LogP contribution in [0.25, 0.3) is 0 Å². The van der Waals surface area contributed by atoms with Crippen molar-refractivity contribution in [2.75, 3.05) is 25.2 Å². The molecule has 4 heteroatoms. The van der Waals surface area contributed by atoms with Gasteiger partial charge in [-0.05, 0) is 32.4 Å². The molecule has 1 rings (SSSR count). The summed E-state index contributed by atoms with van der Waals surface area (Å²) in [6.07, 6.45) is 1.25. The van der Waals surface area contributed by atoms with Gasteiger partial charge in [-0.25, -0.2) is 4.98 Å². The zero-order valence-corrected chi connectivity index (χ0v) is 11.1. The van der Waals surface area contributed by atoms with Gasteiger partial charge in [-0.2, -0.15) is 0 Å². The summed E-state index contributed by atoms with van der Waals surface area (Å²) in [6.45, 7) is 7.48. The number of methoxy groups -OCH3 is 1. The average Bonchev–Trinajstić information content (AvgIpc) is 2.29. The van der Waals surface area contributed by atoms with Crippen molar-refractivity contribution in [1.82, 2.24) is 4.98 Å². The monoisotopic (exact) mass is 238 g/mol. The average molecular weight is 238 g/mol. The van der Waals surface area contributed by atoms with Gasteiger partial charge >= 0.3 is 0 Å². The third-order valence-electron chi connectivity index (χ3n) is 2.71. The first-order chi connectivity index (χ1) is 8.06. The summed E-state index contributed by atoms with van der Waals surface area (Å²) >= 11 is 0. The number of hydrogen-bond donors (Lipinski definition) is 1. The van der Waals surface area contributed by atoms with Crippen LogP contribution in [0.5, 0.6) is 0 Å². The van der Waals surface area contributed by atoms with E-state index in [0.717, 1.165) is 17.9 Å². The molecule has 0 saturated carbocycles. The molecule has 0 aliphatic heterocycles. The van der Waals surface area contributed by atoms with Crippen molar-refractivity contribution >= 4 is 5.82 Å².